The third-order valence-electron chi connectivity index (χ3n) is 4.92. The van der Waals surface area contributed by atoms with E-state index >= 15 is 0 Å². The Kier molecular flexibility index (Phi) is 9.51. The van der Waals surface area contributed by atoms with Crippen molar-refractivity contribution in [1.29, 1.82) is 0 Å². The first-order valence-corrected chi connectivity index (χ1v) is 9.09. The Morgan fingerprint density at radius 3 is 2.50 bits per heavy atom. The van der Waals surface area contributed by atoms with E-state index in [-0.39, 0.29) is 41.3 Å². The summed E-state index contributed by atoms with van der Waals surface area (Å²) in [6, 6.07) is 12.0. The van der Waals surface area contributed by atoms with Gasteiger partial charge in [-0.15, -0.1) is 24.8 Å². The lowest BCUT2D eigenvalue weighted by molar-refractivity contribution is 0.102. The van der Waals surface area contributed by atoms with E-state index in [9.17, 15) is 9.18 Å². The summed E-state index contributed by atoms with van der Waals surface area (Å²) in [5.41, 5.74) is 2.00. The molecular weight excluding hydrogens is 424 g/mol. The Bertz CT molecular complexity index is 798. The fourth-order valence-corrected chi connectivity index (χ4v) is 3.52. The molecule has 0 unspecified atom stereocenters. The molecule has 0 saturated carbocycles. The highest BCUT2D eigenvalue weighted by Gasteiger charge is 2.21. The van der Waals surface area contributed by atoms with Crippen LogP contribution in [-0.4, -0.2) is 44.0 Å². The summed E-state index contributed by atoms with van der Waals surface area (Å²) >= 11 is 5.97. The lowest BCUT2D eigenvalue weighted by Gasteiger charge is -2.36. The highest BCUT2D eigenvalue weighted by atomic mass is 35.5. The monoisotopic (exact) mass is 447 g/mol. The summed E-state index contributed by atoms with van der Waals surface area (Å²) in [5, 5.41) is 2.94. The van der Waals surface area contributed by atoms with Crippen molar-refractivity contribution in [2.24, 2.45) is 0 Å². The van der Waals surface area contributed by atoms with Gasteiger partial charge in [-0.3, -0.25) is 4.79 Å². The third kappa shape index (κ3) is 5.98. The molecule has 0 bridgehead atoms. The Morgan fingerprint density at radius 2 is 1.86 bits per heavy atom. The summed E-state index contributed by atoms with van der Waals surface area (Å²) in [6.07, 6.45) is 2.24. The fraction of sp³-hybridized carbons (Fsp3) is 0.350. The van der Waals surface area contributed by atoms with Gasteiger partial charge in [0, 0.05) is 24.5 Å². The topological polar surface area (TPSA) is 35.6 Å². The zero-order valence-electron chi connectivity index (χ0n) is 15.8. The van der Waals surface area contributed by atoms with Crippen molar-refractivity contribution in [2.75, 3.05) is 37.4 Å². The van der Waals surface area contributed by atoms with E-state index in [0.717, 1.165) is 37.7 Å². The summed E-state index contributed by atoms with van der Waals surface area (Å²) in [7, 11) is 4.24. The Labute approximate surface area is 182 Å². The quantitative estimate of drug-likeness (QED) is 0.706. The van der Waals surface area contributed by atoms with Gasteiger partial charge in [0.2, 0.25) is 0 Å². The average molecular weight is 449 g/mol. The Hall–Kier alpha value is -1.53. The number of nitrogens with one attached hydrogen (secondary N) is 1. The van der Waals surface area contributed by atoms with E-state index in [2.05, 4.69) is 29.2 Å². The molecule has 1 N–H and O–H groups in total. The number of carbonyl (C=O) groups is 1. The molecule has 0 atom stereocenters. The van der Waals surface area contributed by atoms with Crippen LogP contribution in [0.4, 0.5) is 15.8 Å². The van der Waals surface area contributed by atoms with Crippen LogP contribution in [-0.2, 0) is 0 Å². The van der Waals surface area contributed by atoms with Crippen LogP contribution in [0.2, 0.25) is 5.02 Å². The van der Waals surface area contributed by atoms with Crippen molar-refractivity contribution in [2.45, 2.75) is 18.9 Å². The number of rotatable bonds is 4. The van der Waals surface area contributed by atoms with Gasteiger partial charge in [0.25, 0.3) is 5.91 Å². The van der Waals surface area contributed by atoms with Crippen LogP contribution in [0.5, 0.6) is 0 Å². The normalized spacial score (nSPS) is 14.6. The molecule has 8 heteroatoms. The summed E-state index contributed by atoms with van der Waals surface area (Å²) in [5.74, 6) is -0.817. The molecule has 1 fully saturated rings. The van der Waals surface area contributed by atoms with Crippen LogP contribution in [0.1, 0.15) is 23.2 Å². The number of anilines is 2. The Morgan fingerprint density at radius 1 is 1.18 bits per heavy atom. The summed E-state index contributed by atoms with van der Waals surface area (Å²) < 4.78 is 13.2. The molecule has 2 aromatic rings. The molecule has 0 radical (unpaired) electrons. The van der Waals surface area contributed by atoms with E-state index in [0.29, 0.717) is 11.7 Å². The molecule has 0 aromatic heterocycles. The van der Waals surface area contributed by atoms with Crippen molar-refractivity contribution in [3.63, 3.8) is 0 Å². The second-order valence-electron chi connectivity index (χ2n) is 6.77. The van der Waals surface area contributed by atoms with E-state index in [1.807, 2.05) is 24.3 Å². The lowest BCUT2D eigenvalue weighted by Crippen LogP contribution is -2.42. The summed E-state index contributed by atoms with van der Waals surface area (Å²) in [6.45, 7) is 2.18. The van der Waals surface area contributed by atoms with Gasteiger partial charge in [-0.1, -0.05) is 17.7 Å². The van der Waals surface area contributed by atoms with E-state index in [1.165, 1.54) is 12.1 Å². The standard InChI is InChI=1S/C20H23ClFN3O.2ClH/c1-24-10-8-16(9-11-24)25(2)17-5-3-4-15(13-17)23-20(26)18-7-6-14(22)12-19(18)21;;/h3-7,12-13,16H,8-11H2,1-2H3,(H,23,26);2*1H. The minimum Gasteiger partial charge on any atom is -0.371 e. The van der Waals surface area contributed by atoms with E-state index in [1.54, 1.807) is 0 Å². The highest BCUT2D eigenvalue weighted by molar-refractivity contribution is 6.34. The number of likely N-dealkylation sites (tertiary alicyclic amines) is 1. The van der Waals surface area contributed by atoms with Gasteiger partial charge in [0.1, 0.15) is 5.82 Å². The average Bonchev–Trinajstić information content (AvgIpc) is 2.62. The molecule has 1 amide bonds. The number of nitrogens with zero attached hydrogens (tertiary/aromatic N) is 2. The number of hydrogen-bond acceptors (Lipinski definition) is 3. The molecule has 1 saturated heterocycles. The smallest absolute Gasteiger partial charge is 0.257 e. The highest BCUT2D eigenvalue weighted by Crippen LogP contribution is 2.25. The van der Waals surface area contributed by atoms with Gasteiger partial charge < -0.3 is 15.1 Å². The number of benzene rings is 2. The van der Waals surface area contributed by atoms with Gasteiger partial charge in [-0.05, 0) is 69.4 Å². The molecule has 1 aliphatic heterocycles. The molecule has 4 nitrogen and oxygen atoms in total. The van der Waals surface area contributed by atoms with Gasteiger partial charge >= 0.3 is 0 Å². The first-order valence-electron chi connectivity index (χ1n) is 8.72. The van der Waals surface area contributed by atoms with Crippen LogP contribution < -0.4 is 10.2 Å². The number of hydrogen-bond donors (Lipinski definition) is 1. The fourth-order valence-electron chi connectivity index (χ4n) is 3.27. The van der Waals surface area contributed by atoms with Crippen molar-refractivity contribution in [3.8, 4) is 0 Å². The minimum absolute atomic E-state index is 0. The van der Waals surface area contributed by atoms with Crippen molar-refractivity contribution >= 4 is 53.7 Å². The van der Waals surface area contributed by atoms with Gasteiger partial charge in [-0.25, -0.2) is 4.39 Å². The number of piperidine rings is 1. The second-order valence-corrected chi connectivity index (χ2v) is 7.18. The predicted molar refractivity (Wildman–Crippen MR) is 119 cm³/mol. The van der Waals surface area contributed by atoms with E-state index in [4.69, 9.17) is 11.6 Å². The van der Waals surface area contributed by atoms with Crippen LogP contribution in [0.3, 0.4) is 0 Å². The predicted octanol–water partition coefficient (Wildman–Crippen LogP) is 5.11. The molecule has 0 aliphatic carbocycles. The zero-order valence-corrected chi connectivity index (χ0v) is 18.2. The number of halogens is 4. The van der Waals surface area contributed by atoms with Crippen molar-refractivity contribution in [1.82, 2.24) is 4.90 Å². The molecular formula is C20H25Cl3FN3O. The third-order valence-corrected chi connectivity index (χ3v) is 5.24. The van der Waals surface area contributed by atoms with Crippen molar-refractivity contribution in [3.05, 3.63) is 58.9 Å². The van der Waals surface area contributed by atoms with Gasteiger partial charge in [-0.2, -0.15) is 0 Å². The van der Waals surface area contributed by atoms with Crippen LogP contribution in [0.15, 0.2) is 42.5 Å². The van der Waals surface area contributed by atoms with E-state index < -0.39 is 5.82 Å². The number of carbonyl (C=O) groups excluding carboxylic acids is 1. The van der Waals surface area contributed by atoms with Crippen LogP contribution in [0, 0.1) is 5.82 Å². The van der Waals surface area contributed by atoms with Gasteiger partial charge in [0.05, 0.1) is 10.6 Å². The summed E-state index contributed by atoms with van der Waals surface area (Å²) in [4.78, 5) is 17.0. The lowest BCUT2D eigenvalue weighted by atomic mass is 10.0. The molecule has 2 aromatic carbocycles. The molecule has 0 spiro atoms. The zero-order chi connectivity index (χ0) is 18.7. The van der Waals surface area contributed by atoms with Crippen molar-refractivity contribution < 1.29 is 9.18 Å². The van der Waals surface area contributed by atoms with Crippen LogP contribution >= 0.6 is 36.4 Å². The van der Waals surface area contributed by atoms with Gasteiger partial charge in [0.15, 0.2) is 0 Å². The second kappa shape index (κ2) is 10.9. The van der Waals surface area contributed by atoms with Crippen LogP contribution in [0.25, 0.3) is 0 Å². The molecule has 28 heavy (non-hydrogen) atoms. The first kappa shape index (κ1) is 24.5. The number of amides is 1. The first-order chi connectivity index (χ1) is 12.4. The maximum Gasteiger partial charge on any atom is 0.257 e. The largest absolute Gasteiger partial charge is 0.371 e. The SMILES string of the molecule is CN1CCC(N(C)c2cccc(NC(=O)c3ccc(F)cc3Cl)c2)CC1.Cl.Cl. The molecule has 154 valence electrons. The minimum atomic E-state index is -0.465. The molecule has 1 aliphatic rings. The maximum atomic E-state index is 13.2. The molecule has 1 heterocycles. The Balaban J connectivity index is 0.00000196. The maximum absolute atomic E-state index is 13.2. The molecule has 3 rings (SSSR count).